The predicted octanol–water partition coefficient (Wildman–Crippen LogP) is 0.490. The molecule has 0 saturated carbocycles. The highest BCUT2D eigenvalue weighted by Crippen LogP contribution is 1.95. The Bertz CT molecular complexity index is 409. The normalized spacial score (nSPS) is 8.67. The highest BCUT2D eigenvalue weighted by molar-refractivity contribution is 5.85. The number of hydrogen-bond acceptors (Lipinski definition) is 3. The first-order valence-corrected chi connectivity index (χ1v) is 2.74. The van der Waals surface area contributed by atoms with Crippen LogP contribution in [0, 0.1) is 0 Å². The lowest BCUT2D eigenvalue weighted by atomic mass is 10.4. The van der Waals surface area contributed by atoms with Crippen LogP contribution in [0.15, 0.2) is 17.3 Å². The van der Waals surface area contributed by atoms with Crippen molar-refractivity contribution in [3.63, 3.8) is 0 Å². The Hall–Kier alpha value is -1.07. The molecule has 7 heteroatoms. The quantitative estimate of drug-likeness (QED) is 0.662. The maximum Gasteiger partial charge on any atom is 0.275 e. The molecule has 0 radical (unpaired) electrons. The molecule has 0 atom stereocenters. The van der Waals surface area contributed by atoms with Crippen LogP contribution in [0.4, 0.5) is 0 Å². The predicted molar refractivity (Wildman–Crippen MR) is 49.0 cm³/mol. The third-order valence-corrected chi connectivity index (χ3v) is 1.25. The summed E-state index contributed by atoms with van der Waals surface area (Å²) in [7, 11) is 0. The number of fused-ring (bicyclic) bond motifs is 1. The van der Waals surface area contributed by atoms with E-state index in [2.05, 4.69) is 20.2 Å². The van der Waals surface area contributed by atoms with Crippen LogP contribution in [0.2, 0.25) is 0 Å². The second-order valence-electron chi connectivity index (χ2n) is 1.86. The van der Waals surface area contributed by atoms with Gasteiger partial charge in [0.25, 0.3) is 5.56 Å². The molecule has 2 rings (SSSR count). The van der Waals surface area contributed by atoms with E-state index in [-0.39, 0.29) is 30.4 Å². The lowest BCUT2D eigenvalue weighted by molar-refractivity contribution is 1.06. The van der Waals surface area contributed by atoms with Crippen LogP contribution in [-0.2, 0) is 0 Å². The van der Waals surface area contributed by atoms with Crippen molar-refractivity contribution in [2.45, 2.75) is 0 Å². The summed E-state index contributed by atoms with van der Waals surface area (Å²) in [4.78, 5) is 18.3. The zero-order valence-electron chi connectivity index (χ0n) is 5.77. The fraction of sp³-hybridized carbons (Fsp3) is 0. The number of H-pyrrole nitrogens is 2. The minimum atomic E-state index is -0.185. The Morgan fingerprint density at radius 3 is 2.67 bits per heavy atom. The fourth-order valence-electron chi connectivity index (χ4n) is 0.779. The SMILES string of the molecule is Cl.Cl.O=c1[nH][nH]c2ncncc12. The second kappa shape index (κ2) is 4.08. The van der Waals surface area contributed by atoms with Crippen molar-refractivity contribution >= 4 is 35.8 Å². The summed E-state index contributed by atoms with van der Waals surface area (Å²) in [5, 5.41) is 5.48. The molecule has 0 aliphatic rings. The number of aromatic nitrogens is 4. The van der Waals surface area contributed by atoms with Gasteiger partial charge < -0.3 is 0 Å². The van der Waals surface area contributed by atoms with Crippen molar-refractivity contribution in [2.75, 3.05) is 0 Å². The van der Waals surface area contributed by atoms with Crippen molar-refractivity contribution in [1.29, 1.82) is 0 Å². The molecule has 0 fully saturated rings. The molecule has 0 bridgehead atoms. The summed E-state index contributed by atoms with van der Waals surface area (Å²) in [6, 6.07) is 0. The Morgan fingerprint density at radius 1 is 1.25 bits per heavy atom. The van der Waals surface area contributed by atoms with E-state index in [1.165, 1.54) is 12.5 Å². The van der Waals surface area contributed by atoms with Crippen LogP contribution in [0.25, 0.3) is 11.0 Å². The van der Waals surface area contributed by atoms with Crippen molar-refractivity contribution in [1.82, 2.24) is 20.2 Å². The van der Waals surface area contributed by atoms with Crippen molar-refractivity contribution in [3.8, 4) is 0 Å². The summed E-state index contributed by atoms with van der Waals surface area (Å²) in [6.07, 6.45) is 2.85. The number of aromatic amines is 2. The van der Waals surface area contributed by atoms with E-state index in [0.717, 1.165) is 0 Å². The Balaban J connectivity index is 0.000000605. The van der Waals surface area contributed by atoms with Gasteiger partial charge in [0, 0.05) is 6.20 Å². The lowest BCUT2D eigenvalue weighted by Gasteiger charge is -1.79. The molecule has 0 saturated heterocycles. The highest BCUT2D eigenvalue weighted by atomic mass is 35.5. The molecule has 0 aromatic carbocycles. The Kier molecular flexibility index (Phi) is 3.72. The first kappa shape index (κ1) is 10.9. The number of halogens is 2. The van der Waals surface area contributed by atoms with Gasteiger partial charge in [-0.05, 0) is 0 Å². The topological polar surface area (TPSA) is 74.4 Å². The van der Waals surface area contributed by atoms with Crippen molar-refractivity contribution in [3.05, 3.63) is 22.9 Å². The van der Waals surface area contributed by atoms with Crippen LogP contribution in [0.1, 0.15) is 0 Å². The molecule has 0 unspecified atom stereocenters. The molecule has 12 heavy (non-hydrogen) atoms. The third-order valence-electron chi connectivity index (χ3n) is 1.25. The summed E-state index contributed by atoms with van der Waals surface area (Å²) >= 11 is 0. The zero-order valence-corrected chi connectivity index (χ0v) is 7.41. The first-order chi connectivity index (χ1) is 4.88. The van der Waals surface area contributed by atoms with Crippen LogP contribution >= 0.6 is 24.8 Å². The fourth-order valence-corrected chi connectivity index (χ4v) is 0.779. The van der Waals surface area contributed by atoms with Gasteiger partial charge in [-0.3, -0.25) is 15.0 Å². The molecule has 2 heterocycles. The monoisotopic (exact) mass is 208 g/mol. The summed E-state index contributed by atoms with van der Waals surface area (Å²) in [6.45, 7) is 0. The van der Waals surface area contributed by atoms with Crippen molar-refractivity contribution < 1.29 is 0 Å². The lowest BCUT2D eigenvalue weighted by Crippen LogP contribution is -1.97. The van der Waals surface area contributed by atoms with Crippen LogP contribution < -0.4 is 5.56 Å². The number of nitrogens with zero attached hydrogens (tertiary/aromatic N) is 2. The average Bonchev–Trinajstić information content (AvgIpc) is 2.34. The molecule has 0 aliphatic heterocycles. The minimum absolute atomic E-state index is 0. The van der Waals surface area contributed by atoms with E-state index >= 15 is 0 Å². The van der Waals surface area contributed by atoms with Gasteiger partial charge in [-0.1, -0.05) is 0 Å². The Labute approximate surface area is 79.4 Å². The smallest absolute Gasteiger partial charge is 0.275 e. The number of hydrogen-bond donors (Lipinski definition) is 2. The Morgan fingerprint density at radius 2 is 2.00 bits per heavy atom. The maximum absolute atomic E-state index is 10.8. The molecule has 0 amide bonds. The molecular weight excluding hydrogens is 203 g/mol. The standard InChI is InChI=1S/C5H4N4O.2ClH/c10-5-3-1-6-2-7-4(3)8-9-5;;/h1-2H,(H2,6,7,8,9,10);2*1H. The van der Waals surface area contributed by atoms with E-state index in [4.69, 9.17) is 0 Å². The summed E-state index contributed by atoms with van der Waals surface area (Å²) in [5.41, 5.74) is 0.357. The molecule has 5 nitrogen and oxygen atoms in total. The van der Waals surface area contributed by atoms with Gasteiger partial charge in [0.05, 0.1) is 0 Å². The van der Waals surface area contributed by atoms with E-state index in [9.17, 15) is 4.79 Å². The van der Waals surface area contributed by atoms with Gasteiger partial charge in [-0.25, -0.2) is 9.97 Å². The van der Waals surface area contributed by atoms with Gasteiger partial charge in [0.2, 0.25) is 0 Å². The molecule has 0 spiro atoms. The molecule has 0 aliphatic carbocycles. The van der Waals surface area contributed by atoms with Crippen LogP contribution in [0.5, 0.6) is 0 Å². The molecular formula is C5H6Cl2N4O. The molecule has 2 aromatic heterocycles. The molecule has 2 aromatic rings. The molecule has 2 N–H and O–H groups in total. The van der Waals surface area contributed by atoms with Gasteiger partial charge >= 0.3 is 0 Å². The van der Waals surface area contributed by atoms with E-state index < -0.39 is 0 Å². The second-order valence-corrected chi connectivity index (χ2v) is 1.86. The van der Waals surface area contributed by atoms with Crippen LogP contribution in [-0.4, -0.2) is 20.2 Å². The minimum Gasteiger partial charge on any atom is -0.281 e. The summed E-state index contributed by atoms with van der Waals surface area (Å²) in [5.74, 6) is 0. The first-order valence-electron chi connectivity index (χ1n) is 2.74. The summed E-state index contributed by atoms with van der Waals surface area (Å²) < 4.78 is 0. The largest absolute Gasteiger partial charge is 0.281 e. The maximum atomic E-state index is 10.8. The van der Waals surface area contributed by atoms with E-state index in [0.29, 0.717) is 11.0 Å². The highest BCUT2D eigenvalue weighted by Gasteiger charge is 1.97. The van der Waals surface area contributed by atoms with Gasteiger partial charge in [0.15, 0.2) is 5.65 Å². The van der Waals surface area contributed by atoms with Gasteiger partial charge in [-0.15, -0.1) is 24.8 Å². The van der Waals surface area contributed by atoms with Crippen molar-refractivity contribution in [2.24, 2.45) is 0 Å². The molecule has 66 valence electrons. The third kappa shape index (κ3) is 1.57. The van der Waals surface area contributed by atoms with E-state index in [1.807, 2.05) is 0 Å². The number of rotatable bonds is 0. The average molecular weight is 209 g/mol. The van der Waals surface area contributed by atoms with Gasteiger partial charge in [0.1, 0.15) is 11.7 Å². The van der Waals surface area contributed by atoms with Crippen LogP contribution in [0.3, 0.4) is 0 Å². The number of nitrogens with one attached hydrogen (secondary N) is 2. The zero-order chi connectivity index (χ0) is 6.97. The van der Waals surface area contributed by atoms with E-state index in [1.54, 1.807) is 0 Å². The van der Waals surface area contributed by atoms with Gasteiger partial charge in [-0.2, -0.15) is 0 Å².